The third-order valence-electron chi connectivity index (χ3n) is 3.02. The number of anilines is 2. The molecule has 7 heteroatoms. The van der Waals surface area contributed by atoms with E-state index < -0.39 is 6.04 Å². The molecule has 108 valence electrons. The first-order valence-electron chi connectivity index (χ1n) is 6.51. The van der Waals surface area contributed by atoms with Crippen molar-refractivity contribution in [3.05, 3.63) is 18.3 Å². The molecule has 1 aromatic heterocycles. The molecule has 0 saturated carbocycles. The lowest BCUT2D eigenvalue weighted by atomic mass is 10.2. The van der Waals surface area contributed by atoms with Gasteiger partial charge in [-0.3, -0.25) is 9.59 Å². The van der Waals surface area contributed by atoms with Crippen LogP contribution in [0, 0.1) is 0 Å². The van der Waals surface area contributed by atoms with Gasteiger partial charge in [-0.2, -0.15) is 0 Å². The molecular formula is C13H18N4O2S. The molecule has 1 saturated heterocycles. The molecule has 20 heavy (non-hydrogen) atoms. The maximum atomic E-state index is 12.2. The van der Waals surface area contributed by atoms with Crippen LogP contribution in [0.5, 0.6) is 0 Å². The predicted octanol–water partition coefficient (Wildman–Crippen LogP) is 1.30. The van der Waals surface area contributed by atoms with Crippen LogP contribution in [-0.4, -0.2) is 39.4 Å². The van der Waals surface area contributed by atoms with Crippen LogP contribution in [0.15, 0.2) is 18.3 Å². The van der Waals surface area contributed by atoms with Gasteiger partial charge in [0.15, 0.2) is 0 Å². The van der Waals surface area contributed by atoms with Gasteiger partial charge in [0.05, 0.1) is 17.8 Å². The van der Waals surface area contributed by atoms with Gasteiger partial charge >= 0.3 is 0 Å². The summed E-state index contributed by atoms with van der Waals surface area (Å²) in [5.74, 6) is 1.47. The second kappa shape index (κ2) is 6.60. The summed E-state index contributed by atoms with van der Waals surface area (Å²) in [5, 5.41) is 2.77. The number of thioether (sulfide) groups is 1. The van der Waals surface area contributed by atoms with E-state index in [1.165, 1.54) is 6.20 Å². The fraction of sp³-hybridized carbons (Fsp3) is 0.462. The standard InChI is InChI=1S/C13H18N4O2S/c1-2-3-12(18)17-8-20-7-10(17)13(19)16-9-4-5-11(14)15-6-9/h4-6,10H,2-3,7-8H2,1H3,(H2,14,15)(H,16,19). The van der Waals surface area contributed by atoms with E-state index in [0.717, 1.165) is 6.42 Å². The van der Waals surface area contributed by atoms with Crippen molar-refractivity contribution in [3.8, 4) is 0 Å². The normalized spacial score (nSPS) is 18.1. The first-order chi connectivity index (χ1) is 9.61. The monoisotopic (exact) mass is 294 g/mol. The number of nitrogens with two attached hydrogens (primary N) is 1. The summed E-state index contributed by atoms with van der Waals surface area (Å²) in [7, 11) is 0. The molecule has 0 spiro atoms. The molecule has 1 fully saturated rings. The summed E-state index contributed by atoms with van der Waals surface area (Å²) in [6.45, 7) is 1.95. The summed E-state index contributed by atoms with van der Waals surface area (Å²) >= 11 is 1.59. The van der Waals surface area contributed by atoms with Gasteiger partial charge in [0, 0.05) is 12.2 Å². The van der Waals surface area contributed by atoms with E-state index in [0.29, 0.717) is 29.6 Å². The smallest absolute Gasteiger partial charge is 0.248 e. The highest BCUT2D eigenvalue weighted by Gasteiger charge is 2.34. The van der Waals surface area contributed by atoms with Gasteiger partial charge < -0.3 is 16.0 Å². The van der Waals surface area contributed by atoms with Gasteiger partial charge in [0.1, 0.15) is 11.9 Å². The molecule has 1 aromatic rings. The van der Waals surface area contributed by atoms with Crippen molar-refractivity contribution in [3.63, 3.8) is 0 Å². The lowest BCUT2D eigenvalue weighted by Crippen LogP contribution is -2.44. The second-order valence-electron chi connectivity index (χ2n) is 4.59. The Morgan fingerprint density at radius 3 is 3.00 bits per heavy atom. The highest BCUT2D eigenvalue weighted by molar-refractivity contribution is 7.99. The summed E-state index contributed by atoms with van der Waals surface area (Å²) < 4.78 is 0. The number of hydrogen-bond donors (Lipinski definition) is 2. The molecule has 0 radical (unpaired) electrons. The van der Waals surface area contributed by atoms with Crippen molar-refractivity contribution in [2.75, 3.05) is 22.7 Å². The molecule has 1 aliphatic rings. The van der Waals surface area contributed by atoms with Gasteiger partial charge in [0.2, 0.25) is 11.8 Å². The van der Waals surface area contributed by atoms with E-state index in [-0.39, 0.29) is 11.8 Å². The minimum absolute atomic E-state index is 0.0353. The maximum Gasteiger partial charge on any atom is 0.248 e. The molecule has 1 atom stereocenters. The number of carbonyl (C=O) groups is 2. The predicted molar refractivity (Wildman–Crippen MR) is 80.1 cm³/mol. The van der Waals surface area contributed by atoms with Crippen LogP contribution in [0.25, 0.3) is 0 Å². The number of carbonyl (C=O) groups excluding carboxylic acids is 2. The molecule has 1 aliphatic heterocycles. The Morgan fingerprint density at radius 1 is 1.55 bits per heavy atom. The number of nitrogen functional groups attached to an aromatic ring is 1. The lowest BCUT2D eigenvalue weighted by Gasteiger charge is -2.22. The SMILES string of the molecule is CCCC(=O)N1CSCC1C(=O)Nc1ccc(N)nc1. The molecule has 1 unspecified atom stereocenters. The number of nitrogens with zero attached hydrogens (tertiary/aromatic N) is 2. The zero-order valence-electron chi connectivity index (χ0n) is 11.3. The third-order valence-corrected chi connectivity index (χ3v) is 4.04. The van der Waals surface area contributed by atoms with Crippen LogP contribution in [0.1, 0.15) is 19.8 Å². The quantitative estimate of drug-likeness (QED) is 0.874. The van der Waals surface area contributed by atoms with E-state index >= 15 is 0 Å². The Balaban J connectivity index is 2.00. The summed E-state index contributed by atoms with van der Waals surface area (Å²) in [6.07, 6.45) is 2.78. The van der Waals surface area contributed by atoms with Crippen LogP contribution in [0.4, 0.5) is 11.5 Å². The van der Waals surface area contributed by atoms with Crippen molar-refractivity contribution in [1.29, 1.82) is 0 Å². The molecular weight excluding hydrogens is 276 g/mol. The fourth-order valence-electron chi connectivity index (χ4n) is 1.97. The summed E-state index contributed by atoms with van der Waals surface area (Å²) in [6, 6.07) is 2.91. The topological polar surface area (TPSA) is 88.3 Å². The Bertz CT molecular complexity index is 492. The van der Waals surface area contributed by atoms with Crippen LogP contribution in [0.3, 0.4) is 0 Å². The number of pyridine rings is 1. The van der Waals surface area contributed by atoms with Crippen molar-refractivity contribution in [1.82, 2.24) is 9.88 Å². The van der Waals surface area contributed by atoms with Crippen molar-refractivity contribution >= 4 is 35.1 Å². The van der Waals surface area contributed by atoms with Gasteiger partial charge in [0.25, 0.3) is 0 Å². The lowest BCUT2D eigenvalue weighted by molar-refractivity contribution is -0.136. The average molecular weight is 294 g/mol. The van der Waals surface area contributed by atoms with Crippen LogP contribution in [-0.2, 0) is 9.59 Å². The first-order valence-corrected chi connectivity index (χ1v) is 7.67. The Labute approximate surface area is 122 Å². The van der Waals surface area contributed by atoms with E-state index in [2.05, 4.69) is 10.3 Å². The molecule has 0 bridgehead atoms. The fourth-order valence-corrected chi connectivity index (χ4v) is 3.15. The first kappa shape index (κ1) is 14.6. The number of hydrogen-bond acceptors (Lipinski definition) is 5. The number of nitrogens with one attached hydrogen (secondary N) is 1. The summed E-state index contributed by atoms with van der Waals surface area (Å²) in [4.78, 5) is 29.8. The van der Waals surface area contributed by atoms with E-state index in [1.54, 1.807) is 28.8 Å². The minimum atomic E-state index is -0.406. The molecule has 3 N–H and O–H groups in total. The highest BCUT2D eigenvalue weighted by Crippen LogP contribution is 2.23. The summed E-state index contributed by atoms with van der Waals surface area (Å²) in [5.41, 5.74) is 6.08. The average Bonchev–Trinajstić information content (AvgIpc) is 2.91. The molecule has 0 aromatic carbocycles. The molecule has 2 amide bonds. The molecule has 2 heterocycles. The molecule has 0 aliphatic carbocycles. The molecule has 2 rings (SSSR count). The highest BCUT2D eigenvalue weighted by atomic mass is 32.2. The zero-order valence-corrected chi connectivity index (χ0v) is 12.2. The van der Waals surface area contributed by atoms with E-state index in [1.807, 2.05) is 6.92 Å². The minimum Gasteiger partial charge on any atom is -0.384 e. The largest absolute Gasteiger partial charge is 0.384 e. The maximum absolute atomic E-state index is 12.2. The Hall–Kier alpha value is -1.76. The zero-order chi connectivity index (χ0) is 14.5. The molecule has 6 nitrogen and oxygen atoms in total. The number of aromatic nitrogens is 1. The van der Waals surface area contributed by atoms with Crippen molar-refractivity contribution in [2.45, 2.75) is 25.8 Å². The van der Waals surface area contributed by atoms with E-state index in [9.17, 15) is 9.59 Å². The third kappa shape index (κ3) is 3.41. The van der Waals surface area contributed by atoms with Crippen molar-refractivity contribution < 1.29 is 9.59 Å². The van der Waals surface area contributed by atoms with Gasteiger partial charge in [-0.1, -0.05) is 6.92 Å². The van der Waals surface area contributed by atoms with Crippen molar-refractivity contribution in [2.24, 2.45) is 0 Å². The Morgan fingerprint density at radius 2 is 2.35 bits per heavy atom. The van der Waals surface area contributed by atoms with Crippen LogP contribution < -0.4 is 11.1 Å². The number of rotatable bonds is 4. The second-order valence-corrected chi connectivity index (χ2v) is 5.59. The van der Waals surface area contributed by atoms with Crippen LogP contribution >= 0.6 is 11.8 Å². The Kier molecular flexibility index (Phi) is 4.84. The van der Waals surface area contributed by atoms with Gasteiger partial charge in [-0.15, -0.1) is 11.8 Å². The number of amides is 2. The van der Waals surface area contributed by atoms with Crippen LogP contribution in [0.2, 0.25) is 0 Å². The van der Waals surface area contributed by atoms with E-state index in [4.69, 9.17) is 5.73 Å². The van der Waals surface area contributed by atoms with Gasteiger partial charge in [-0.05, 0) is 18.6 Å². The van der Waals surface area contributed by atoms with Gasteiger partial charge in [-0.25, -0.2) is 4.98 Å².